The van der Waals surface area contributed by atoms with Gasteiger partial charge < -0.3 is 4.74 Å². The van der Waals surface area contributed by atoms with E-state index in [4.69, 9.17) is 4.74 Å². The molecule has 0 aliphatic heterocycles. The quantitative estimate of drug-likeness (QED) is 0.822. The Morgan fingerprint density at radius 2 is 1.93 bits per heavy atom. The van der Waals surface area contributed by atoms with E-state index in [0.717, 1.165) is 10.2 Å². The summed E-state index contributed by atoms with van der Waals surface area (Å²) >= 11 is 3.38. The number of methoxy groups -OCH3 is 1. The molecular weight excluding hydrogens is 244 g/mol. The van der Waals surface area contributed by atoms with Gasteiger partial charge in [0.2, 0.25) is 5.88 Å². The topological polar surface area (TPSA) is 27.1 Å². The molecule has 72 valence electrons. The van der Waals surface area contributed by atoms with Gasteiger partial charge in [-0.25, -0.2) is 4.68 Å². The summed E-state index contributed by atoms with van der Waals surface area (Å²) in [7, 11) is 1.61. The van der Waals surface area contributed by atoms with Crippen LogP contribution >= 0.6 is 15.9 Å². The molecule has 0 spiro atoms. The molecule has 0 N–H and O–H groups in total. The molecule has 0 aliphatic carbocycles. The van der Waals surface area contributed by atoms with Gasteiger partial charge in [0.15, 0.2) is 0 Å². The largest absolute Gasteiger partial charge is 0.480 e. The second-order valence-corrected chi connectivity index (χ2v) is 3.69. The van der Waals surface area contributed by atoms with Crippen molar-refractivity contribution in [2.24, 2.45) is 0 Å². The van der Waals surface area contributed by atoms with Crippen LogP contribution in [-0.4, -0.2) is 16.9 Å². The van der Waals surface area contributed by atoms with Crippen molar-refractivity contribution in [2.75, 3.05) is 7.11 Å². The van der Waals surface area contributed by atoms with Gasteiger partial charge >= 0.3 is 0 Å². The van der Waals surface area contributed by atoms with Gasteiger partial charge in [-0.1, -0.05) is 15.9 Å². The van der Waals surface area contributed by atoms with Crippen LogP contribution in [0.5, 0.6) is 5.88 Å². The Kier molecular flexibility index (Phi) is 2.54. The molecule has 0 amide bonds. The zero-order valence-electron chi connectivity index (χ0n) is 7.64. The Hall–Kier alpha value is -1.29. The summed E-state index contributed by atoms with van der Waals surface area (Å²) < 4.78 is 7.82. The van der Waals surface area contributed by atoms with Crippen LogP contribution in [0.3, 0.4) is 0 Å². The highest BCUT2D eigenvalue weighted by atomic mass is 79.9. The molecule has 0 aliphatic rings. The molecule has 0 unspecified atom stereocenters. The summed E-state index contributed by atoms with van der Waals surface area (Å²) in [5.41, 5.74) is 1.01. The van der Waals surface area contributed by atoms with E-state index in [1.54, 1.807) is 11.8 Å². The van der Waals surface area contributed by atoms with E-state index in [1.807, 2.05) is 36.5 Å². The number of aromatic nitrogens is 2. The van der Waals surface area contributed by atoms with Crippen LogP contribution in [0.25, 0.3) is 5.69 Å². The second-order valence-electron chi connectivity index (χ2n) is 2.78. The molecule has 0 saturated heterocycles. The van der Waals surface area contributed by atoms with Gasteiger partial charge in [-0.15, -0.1) is 5.10 Å². The molecule has 0 radical (unpaired) electrons. The predicted octanol–water partition coefficient (Wildman–Crippen LogP) is 2.64. The van der Waals surface area contributed by atoms with Gasteiger partial charge in [-0.3, -0.25) is 0 Å². The second kappa shape index (κ2) is 3.84. The molecule has 1 heterocycles. The molecule has 2 rings (SSSR count). The highest BCUT2D eigenvalue weighted by Crippen LogP contribution is 2.15. The predicted molar refractivity (Wildman–Crippen MR) is 57.8 cm³/mol. The first-order chi connectivity index (χ1) is 6.79. The standard InChI is InChI=1S/C10H9BrN2O/c1-14-10-6-7-13(12-10)9-4-2-8(11)3-5-9/h2-7H,1H3. The van der Waals surface area contributed by atoms with Crippen molar-refractivity contribution in [3.63, 3.8) is 0 Å². The van der Waals surface area contributed by atoms with Crippen molar-refractivity contribution in [3.05, 3.63) is 41.0 Å². The fourth-order valence-electron chi connectivity index (χ4n) is 1.15. The van der Waals surface area contributed by atoms with Crippen molar-refractivity contribution in [1.29, 1.82) is 0 Å². The van der Waals surface area contributed by atoms with Gasteiger partial charge in [0.25, 0.3) is 0 Å². The van der Waals surface area contributed by atoms with E-state index in [2.05, 4.69) is 21.0 Å². The number of ether oxygens (including phenoxy) is 1. The van der Waals surface area contributed by atoms with Gasteiger partial charge in [-0.2, -0.15) is 0 Å². The van der Waals surface area contributed by atoms with Crippen LogP contribution < -0.4 is 4.74 Å². The first-order valence-electron chi connectivity index (χ1n) is 4.15. The molecule has 2 aromatic rings. The SMILES string of the molecule is COc1ccn(-c2ccc(Br)cc2)n1. The third-order valence-electron chi connectivity index (χ3n) is 1.86. The van der Waals surface area contributed by atoms with Crippen molar-refractivity contribution in [3.8, 4) is 11.6 Å². The monoisotopic (exact) mass is 252 g/mol. The minimum absolute atomic E-state index is 0.618. The lowest BCUT2D eigenvalue weighted by atomic mass is 10.3. The Bertz CT molecular complexity index is 422. The molecule has 0 atom stereocenters. The summed E-state index contributed by atoms with van der Waals surface area (Å²) in [5, 5.41) is 4.21. The van der Waals surface area contributed by atoms with Gasteiger partial charge in [0.1, 0.15) is 0 Å². The van der Waals surface area contributed by atoms with Crippen LogP contribution in [-0.2, 0) is 0 Å². The summed E-state index contributed by atoms with van der Waals surface area (Å²) in [6, 6.07) is 9.74. The molecule has 0 saturated carbocycles. The van der Waals surface area contributed by atoms with Crippen molar-refractivity contribution in [1.82, 2.24) is 9.78 Å². The molecular formula is C10H9BrN2O. The minimum Gasteiger partial charge on any atom is -0.480 e. The first kappa shape index (κ1) is 9.27. The van der Waals surface area contributed by atoms with Crippen LogP contribution in [0.1, 0.15) is 0 Å². The molecule has 1 aromatic carbocycles. The average molecular weight is 253 g/mol. The lowest BCUT2D eigenvalue weighted by molar-refractivity contribution is 0.394. The number of rotatable bonds is 2. The number of benzene rings is 1. The van der Waals surface area contributed by atoms with Gasteiger partial charge in [0.05, 0.1) is 12.8 Å². The molecule has 14 heavy (non-hydrogen) atoms. The van der Waals surface area contributed by atoms with E-state index >= 15 is 0 Å². The molecule has 4 heteroatoms. The van der Waals surface area contributed by atoms with Crippen LogP contribution in [0.4, 0.5) is 0 Å². The van der Waals surface area contributed by atoms with Gasteiger partial charge in [-0.05, 0) is 24.3 Å². The smallest absolute Gasteiger partial charge is 0.232 e. The van der Waals surface area contributed by atoms with Crippen LogP contribution in [0, 0.1) is 0 Å². The third-order valence-corrected chi connectivity index (χ3v) is 2.39. The van der Waals surface area contributed by atoms with E-state index in [0.29, 0.717) is 5.88 Å². The summed E-state index contributed by atoms with van der Waals surface area (Å²) in [6.07, 6.45) is 1.86. The molecule has 3 nitrogen and oxygen atoms in total. The molecule has 1 aromatic heterocycles. The number of halogens is 1. The van der Waals surface area contributed by atoms with Crippen LogP contribution in [0.15, 0.2) is 41.0 Å². The summed E-state index contributed by atoms with van der Waals surface area (Å²) in [5.74, 6) is 0.618. The molecule has 0 bridgehead atoms. The zero-order chi connectivity index (χ0) is 9.97. The lowest BCUT2D eigenvalue weighted by Crippen LogP contribution is -1.94. The maximum absolute atomic E-state index is 5.00. The Balaban J connectivity index is 2.34. The average Bonchev–Trinajstić information content (AvgIpc) is 2.67. The Labute approximate surface area is 90.4 Å². The van der Waals surface area contributed by atoms with Crippen molar-refractivity contribution >= 4 is 15.9 Å². The fourth-order valence-corrected chi connectivity index (χ4v) is 1.42. The normalized spacial score (nSPS) is 10.1. The van der Waals surface area contributed by atoms with Crippen LogP contribution in [0.2, 0.25) is 0 Å². The van der Waals surface area contributed by atoms with Crippen molar-refractivity contribution in [2.45, 2.75) is 0 Å². The fraction of sp³-hybridized carbons (Fsp3) is 0.100. The maximum atomic E-state index is 5.00. The first-order valence-corrected chi connectivity index (χ1v) is 4.94. The third kappa shape index (κ3) is 1.80. The zero-order valence-corrected chi connectivity index (χ0v) is 9.23. The number of hydrogen-bond acceptors (Lipinski definition) is 2. The van der Waals surface area contributed by atoms with Gasteiger partial charge in [0, 0.05) is 16.7 Å². The highest BCUT2D eigenvalue weighted by molar-refractivity contribution is 9.10. The maximum Gasteiger partial charge on any atom is 0.232 e. The number of hydrogen-bond donors (Lipinski definition) is 0. The minimum atomic E-state index is 0.618. The van der Waals surface area contributed by atoms with E-state index in [1.165, 1.54) is 0 Å². The lowest BCUT2D eigenvalue weighted by Gasteiger charge is -2.00. The van der Waals surface area contributed by atoms with E-state index < -0.39 is 0 Å². The number of nitrogens with zero attached hydrogens (tertiary/aromatic N) is 2. The highest BCUT2D eigenvalue weighted by Gasteiger charge is 1.99. The Morgan fingerprint density at radius 3 is 2.50 bits per heavy atom. The van der Waals surface area contributed by atoms with Crippen molar-refractivity contribution < 1.29 is 4.74 Å². The summed E-state index contributed by atoms with van der Waals surface area (Å²) in [6.45, 7) is 0. The summed E-state index contributed by atoms with van der Waals surface area (Å²) in [4.78, 5) is 0. The molecule has 0 fully saturated rings. The van der Waals surface area contributed by atoms with E-state index in [9.17, 15) is 0 Å². The van der Waals surface area contributed by atoms with E-state index in [-0.39, 0.29) is 0 Å². The Morgan fingerprint density at radius 1 is 1.21 bits per heavy atom.